The Labute approximate surface area is 202 Å². The number of sulfonamides is 1. The summed E-state index contributed by atoms with van der Waals surface area (Å²) in [4.78, 5) is 17.4. The quantitative estimate of drug-likeness (QED) is 0.635. The van der Waals surface area contributed by atoms with E-state index in [1.54, 1.807) is 11.0 Å². The van der Waals surface area contributed by atoms with E-state index in [1.165, 1.54) is 33.3 Å². The molecule has 178 valence electrons. The van der Waals surface area contributed by atoms with E-state index in [-0.39, 0.29) is 15.8 Å². The van der Waals surface area contributed by atoms with Gasteiger partial charge < -0.3 is 9.80 Å². The number of hydrogen-bond donors (Lipinski definition) is 0. The lowest BCUT2D eigenvalue weighted by molar-refractivity contribution is 0.0746. The van der Waals surface area contributed by atoms with Gasteiger partial charge in [0.05, 0.1) is 5.02 Å². The Morgan fingerprint density at radius 2 is 1.55 bits per heavy atom. The minimum atomic E-state index is -3.73. The summed E-state index contributed by atoms with van der Waals surface area (Å²) >= 11 is 6.31. The molecule has 2 aliphatic rings. The first kappa shape index (κ1) is 24.0. The van der Waals surface area contributed by atoms with Crippen LogP contribution in [0.4, 0.5) is 5.69 Å². The van der Waals surface area contributed by atoms with Crippen molar-refractivity contribution >= 4 is 33.2 Å². The molecule has 0 bridgehead atoms. The zero-order chi connectivity index (χ0) is 23.6. The fraction of sp³-hybridized carbons (Fsp3) is 0.480. The van der Waals surface area contributed by atoms with Crippen molar-refractivity contribution in [2.24, 2.45) is 0 Å². The fourth-order valence-corrected chi connectivity index (χ4v) is 6.68. The van der Waals surface area contributed by atoms with Crippen LogP contribution >= 0.6 is 11.6 Å². The lowest BCUT2D eigenvalue weighted by Crippen LogP contribution is -2.49. The number of amides is 1. The van der Waals surface area contributed by atoms with E-state index in [9.17, 15) is 13.2 Å². The number of nitrogens with zero attached hydrogens (tertiary/aromatic N) is 3. The largest absolute Gasteiger partial charge is 0.368 e. The van der Waals surface area contributed by atoms with E-state index in [4.69, 9.17) is 11.6 Å². The molecule has 2 heterocycles. The second-order valence-corrected chi connectivity index (χ2v) is 11.3. The van der Waals surface area contributed by atoms with Gasteiger partial charge in [0.2, 0.25) is 10.0 Å². The van der Waals surface area contributed by atoms with Crippen LogP contribution in [0, 0.1) is 13.8 Å². The number of hydrogen-bond acceptors (Lipinski definition) is 4. The predicted octanol–water partition coefficient (Wildman–Crippen LogP) is 4.48. The Hall–Kier alpha value is -2.09. The maximum absolute atomic E-state index is 13.3. The number of aryl methyl sites for hydroxylation is 1. The molecular formula is C25H32ClN3O3S. The highest BCUT2D eigenvalue weighted by Gasteiger charge is 2.29. The first-order valence-corrected chi connectivity index (χ1v) is 13.5. The molecule has 2 aliphatic heterocycles. The zero-order valence-corrected chi connectivity index (χ0v) is 21.0. The molecule has 0 spiro atoms. The molecule has 33 heavy (non-hydrogen) atoms. The minimum Gasteiger partial charge on any atom is -0.368 e. The van der Waals surface area contributed by atoms with Gasteiger partial charge in [0.25, 0.3) is 5.91 Å². The van der Waals surface area contributed by atoms with Gasteiger partial charge in [-0.25, -0.2) is 8.42 Å². The molecular weight excluding hydrogens is 458 g/mol. The monoisotopic (exact) mass is 489 g/mol. The highest BCUT2D eigenvalue weighted by molar-refractivity contribution is 7.89. The van der Waals surface area contributed by atoms with Crippen molar-refractivity contribution in [3.8, 4) is 0 Å². The third-order valence-electron chi connectivity index (χ3n) is 6.84. The minimum absolute atomic E-state index is 0.0333. The number of anilines is 1. The van der Waals surface area contributed by atoms with Crippen LogP contribution in [-0.4, -0.2) is 62.8 Å². The van der Waals surface area contributed by atoms with Gasteiger partial charge in [-0.3, -0.25) is 4.79 Å². The molecule has 0 N–H and O–H groups in total. The molecule has 4 rings (SSSR count). The van der Waals surface area contributed by atoms with E-state index < -0.39 is 10.0 Å². The molecule has 0 radical (unpaired) electrons. The lowest BCUT2D eigenvalue weighted by atomic mass is 10.1. The summed E-state index contributed by atoms with van der Waals surface area (Å²) in [6.45, 7) is 7.88. The van der Waals surface area contributed by atoms with Gasteiger partial charge in [0.1, 0.15) is 4.90 Å². The molecule has 2 aromatic rings. The van der Waals surface area contributed by atoms with Crippen molar-refractivity contribution in [3.05, 3.63) is 58.1 Å². The van der Waals surface area contributed by atoms with Crippen LogP contribution < -0.4 is 4.90 Å². The standard InChI is InChI=1S/C25H32ClN3O3S/c1-19-8-7-9-23(20(19)2)27-14-16-28(17-15-27)25(30)21-10-11-22(26)24(18-21)33(31,32)29-12-5-3-4-6-13-29/h7-11,18H,3-6,12-17H2,1-2H3. The maximum atomic E-state index is 13.3. The van der Waals surface area contributed by atoms with Gasteiger partial charge in [-0.05, 0) is 62.1 Å². The number of rotatable bonds is 4. The van der Waals surface area contributed by atoms with E-state index >= 15 is 0 Å². The van der Waals surface area contributed by atoms with Gasteiger partial charge in [-0.15, -0.1) is 0 Å². The molecule has 0 unspecified atom stereocenters. The van der Waals surface area contributed by atoms with Crippen LogP contribution in [0.5, 0.6) is 0 Å². The summed E-state index contributed by atoms with van der Waals surface area (Å²) in [5, 5.41) is 0.163. The van der Waals surface area contributed by atoms with Gasteiger partial charge in [-0.1, -0.05) is 36.6 Å². The molecule has 0 aliphatic carbocycles. The van der Waals surface area contributed by atoms with Crippen LogP contribution in [0.2, 0.25) is 5.02 Å². The highest BCUT2D eigenvalue weighted by atomic mass is 35.5. The van der Waals surface area contributed by atoms with E-state index in [0.29, 0.717) is 31.7 Å². The number of piperazine rings is 1. The molecule has 2 fully saturated rings. The van der Waals surface area contributed by atoms with Crippen LogP contribution in [0.15, 0.2) is 41.3 Å². The molecule has 6 nitrogen and oxygen atoms in total. The highest BCUT2D eigenvalue weighted by Crippen LogP contribution is 2.29. The molecule has 8 heteroatoms. The van der Waals surface area contributed by atoms with Crippen molar-refractivity contribution in [1.82, 2.24) is 9.21 Å². The summed E-state index contributed by atoms with van der Waals surface area (Å²) in [5.41, 5.74) is 4.09. The SMILES string of the molecule is Cc1cccc(N2CCN(C(=O)c3ccc(Cl)c(S(=O)(=O)N4CCCCCC4)c3)CC2)c1C. The van der Waals surface area contributed by atoms with Crippen LogP contribution in [0.1, 0.15) is 47.2 Å². The Morgan fingerprint density at radius 3 is 2.21 bits per heavy atom. The average Bonchev–Trinajstić information content (AvgIpc) is 3.11. The number of benzene rings is 2. The molecule has 2 saturated heterocycles. The van der Waals surface area contributed by atoms with E-state index in [0.717, 1.165) is 38.8 Å². The lowest BCUT2D eigenvalue weighted by Gasteiger charge is -2.37. The first-order chi connectivity index (χ1) is 15.8. The van der Waals surface area contributed by atoms with Crippen LogP contribution in [0.25, 0.3) is 0 Å². The topological polar surface area (TPSA) is 60.9 Å². The van der Waals surface area contributed by atoms with E-state index in [2.05, 4.69) is 36.9 Å². The van der Waals surface area contributed by atoms with Gasteiger partial charge in [0, 0.05) is 50.5 Å². The summed E-state index contributed by atoms with van der Waals surface area (Å²) in [5.74, 6) is -0.153. The van der Waals surface area contributed by atoms with Gasteiger partial charge >= 0.3 is 0 Å². The first-order valence-electron chi connectivity index (χ1n) is 11.7. The normalized spacial score (nSPS) is 18.3. The molecule has 0 aromatic heterocycles. The molecule has 2 aromatic carbocycles. The predicted molar refractivity (Wildman–Crippen MR) is 133 cm³/mol. The van der Waals surface area contributed by atoms with Gasteiger partial charge in [-0.2, -0.15) is 4.31 Å². The third-order valence-corrected chi connectivity index (χ3v) is 9.22. The maximum Gasteiger partial charge on any atom is 0.254 e. The summed E-state index contributed by atoms with van der Waals surface area (Å²) < 4.78 is 28.1. The number of carbonyl (C=O) groups is 1. The summed E-state index contributed by atoms with van der Waals surface area (Å²) in [6.07, 6.45) is 3.76. The fourth-order valence-electron chi connectivity index (χ4n) is 4.67. The van der Waals surface area contributed by atoms with Crippen molar-refractivity contribution in [3.63, 3.8) is 0 Å². The van der Waals surface area contributed by atoms with Crippen LogP contribution in [-0.2, 0) is 10.0 Å². The zero-order valence-electron chi connectivity index (χ0n) is 19.4. The third kappa shape index (κ3) is 5.05. The second-order valence-electron chi connectivity index (χ2n) is 8.96. The van der Waals surface area contributed by atoms with Crippen molar-refractivity contribution in [1.29, 1.82) is 0 Å². The Morgan fingerprint density at radius 1 is 0.879 bits per heavy atom. The van der Waals surface area contributed by atoms with Crippen molar-refractivity contribution < 1.29 is 13.2 Å². The molecule has 0 atom stereocenters. The number of halogens is 1. The van der Waals surface area contributed by atoms with Crippen molar-refractivity contribution in [2.45, 2.75) is 44.4 Å². The summed E-state index contributed by atoms with van der Waals surface area (Å²) in [7, 11) is -3.73. The smallest absolute Gasteiger partial charge is 0.254 e. The Balaban J connectivity index is 1.50. The molecule has 0 saturated carbocycles. The summed E-state index contributed by atoms with van der Waals surface area (Å²) in [6, 6.07) is 10.9. The molecule has 1 amide bonds. The number of carbonyl (C=O) groups excluding carboxylic acids is 1. The van der Waals surface area contributed by atoms with Crippen LogP contribution in [0.3, 0.4) is 0 Å². The Kier molecular flexibility index (Phi) is 7.31. The van der Waals surface area contributed by atoms with Crippen molar-refractivity contribution in [2.75, 3.05) is 44.2 Å². The Bertz CT molecular complexity index is 1120. The average molecular weight is 490 g/mol. The second kappa shape index (κ2) is 10.0. The van der Waals surface area contributed by atoms with E-state index in [1.807, 2.05) is 0 Å². The van der Waals surface area contributed by atoms with Gasteiger partial charge in [0.15, 0.2) is 0 Å².